The van der Waals surface area contributed by atoms with Crippen molar-refractivity contribution < 1.29 is 37.1 Å². The van der Waals surface area contributed by atoms with Crippen LogP contribution < -0.4 is 5.48 Å². The van der Waals surface area contributed by atoms with Gasteiger partial charge in [-0.15, -0.1) is 0 Å². The summed E-state index contributed by atoms with van der Waals surface area (Å²) >= 11 is 0. The number of ketones is 1. The van der Waals surface area contributed by atoms with Crippen LogP contribution in [0.3, 0.4) is 0 Å². The summed E-state index contributed by atoms with van der Waals surface area (Å²) in [7, 11) is -3.90. The number of hydroxylamine groups is 1. The zero-order valence-electron chi connectivity index (χ0n) is 21.8. The number of sulfonamides is 1. The maximum Gasteiger partial charge on any atom is 0.250 e. The first-order chi connectivity index (χ1) is 18.2. The average molecular weight is 563 g/mol. The highest BCUT2D eigenvalue weighted by molar-refractivity contribution is 7.89. The van der Waals surface area contributed by atoms with Crippen molar-refractivity contribution in [2.24, 2.45) is 0 Å². The van der Waals surface area contributed by atoms with Crippen molar-refractivity contribution in [3.63, 3.8) is 0 Å². The second-order valence-electron chi connectivity index (χ2n) is 10.7. The summed E-state index contributed by atoms with van der Waals surface area (Å²) in [4.78, 5) is 24.8. The van der Waals surface area contributed by atoms with Crippen LogP contribution in [0.5, 0.6) is 0 Å². The molecule has 2 atom stereocenters. The number of hydrogen-bond acceptors (Lipinski definition) is 6. The van der Waals surface area contributed by atoms with Gasteiger partial charge in [-0.1, -0.05) is 36.9 Å². The number of benzene rings is 2. The largest absolute Gasteiger partial charge is 0.385 e. The van der Waals surface area contributed by atoms with Crippen LogP contribution in [-0.4, -0.2) is 46.4 Å². The Hall–Kier alpha value is -2.99. The third-order valence-corrected chi connectivity index (χ3v) is 10.5. The molecule has 8 nitrogen and oxygen atoms in total. The predicted octanol–water partition coefficient (Wildman–Crippen LogP) is 3.82. The number of rotatable bonds is 8. The van der Waals surface area contributed by atoms with Crippen LogP contribution in [0, 0.1) is 11.6 Å². The van der Waals surface area contributed by atoms with Gasteiger partial charge in [0.15, 0.2) is 5.78 Å². The molecule has 0 bridgehead atoms. The van der Waals surface area contributed by atoms with E-state index >= 15 is 8.78 Å². The number of hydrogen-bond donors (Lipinski definition) is 3. The zero-order chi connectivity index (χ0) is 28.8. The van der Waals surface area contributed by atoms with Crippen molar-refractivity contribution in [2.75, 3.05) is 0 Å². The van der Waals surface area contributed by atoms with Crippen molar-refractivity contribution in [3.05, 3.63) is 82.9 Å². The first kappa shape index (κ1) is 29.0. The highest BCUT2D eigenvalue weighted by atomic mass is 32.2. The maximum atomic E-state index is 15.6. The van der Waals surface area contributed by atoms with E-state index in [0.29, 0.717) is 24.0 Å². The molecular formula is C28H32F2N2O6S. The lowest BCUT2D eigenvalue weighted by Gasteiger charge is -2.53. The molecule has 1 heterocycles. The van der Waals surface area contributed by atoms with Gasteiger partial charge >= 0.3 is 0 Å². The molecule has 2 aromatic carbocycles. The van der Waals surface area contributed by atoms with Crippen molar-refractivity contribution in [1.29, 1.82) is 0 Å². The standard InChI is InChI=1S/C28H32F2N2O6S/c1-17(2)28(35)15-27(16-28,25(33)13-26(34)31-36)21-12-22(29)20(11-23(21)30)14-32-18(3)9-10-24(39(32,37)38)19-7-5-4-6-8-19/h4-8,11-12,18,24,35-36H,1,9-10,13-16H2,2-3H3,(H,31,34)/t18-,24+,27?,28?/m0/s1. The number of nitrogens with one attached hydrogen (secondary N) is 1. The van der Waals surface area contributed by atoms with Crippen LogP contribution in [0.1, 0.15) is 67.9 Å². The molecule has 11 heteroatoms. The molecule has 2 aromatic rings. The third-order valence-electron chi connectivity index (χ3n) is 8.14. The Balaban J connectivity index is 1.68. The lowest BCUT2D eigenvalue weighted by Crippen LogP contribution is -2.60. The van der Waals surface area contributed by atoms with Crippen LogP contribution in [0.15, 0.2) is 54.6 Å². The number of nitrogens with zero attached hydrogens (tertiary/aromatic N) is 1. The second kappa shape index (κ2) is 10.5. The maximum absolute atomic E-state index is 15.6. The van der Waals surface area contributed by atoms with Gasteiger partial charge in [0.2, 0.25) is 10.0 Å². The Labute approximate surface area is 226 Å². The highest BCUT2D eigenvalue weighted by Crippen LogP contribution is 2.55. The summed E-state index contributed by atoms with van der Waals surface area (Å²) in [6, 6.07) is 10.00. The van der Waals surface area contributed by atoms with Crippen LogP contribution in [0.25, 0.3) is 0 Å². The van der Waals surface area contributed by atoms with Crippen molar-refractivity contribution >= 4 is 21.7 Å². The quantitative estimate of drug-likeness (QED) is 0.195. The minimum atomic E-state index is -3.90. The highest BCUT2D eigenvalue weighted by Gasteiger charge is 2.60. The molecule has 0 spiro atoms. The smallest absolute Gasteiger partial charge is 0.250 e. The van der Waals surface area contributed by atoms with E-state index in [0.717, 1.165) is 12.1 Å². The Morgan fingerprint density at radius 2 is 1.77 bits per heavy atom. The third kappa shape index (κ3) is 5.16. The molecule has 1 saturated carbocycles. The Kier molecular flexibility index (Phi) is 7.83. The van der Waals surface area contributed by atoms with E-state index in [1.807, 2.05) is 0 Å². The number of carbonyl (C=O) groups is 2. The van der Waals surface area contributed by atoms with Crippen LogP contribution in [-0.2, 0) is 31.6 Å². The molecule has 2 fully saturated rings. The Bertz CT molecular complexity index is 1410. The molecule has 1 amide bonds. The Morgan fingerprint density at radius 3 is 2.36 bits per heavy atom. The summed E-state index contributed by atoms with van der Waals surface area (Å²) in [6.45, 7) is 6.55. The Morgan fingerprint density at radius 1 is 1.13 bits per heavy atom. The summed E-state index contributed by atoms with van der Waals surface area (Å²) in [5, 5.41) is 18.8. The van der Waals surface area contributed by atoms with E-state index in [1.165, 1.54) is 16.7 Å². The van der Waals surface area contributed by atoms with E-state index in [4.69, 9.17) is 5.21 Å². The summed E-state index contributed by atoms with van der Waals surface area (Å²) < 4.78 is 59.4. The van der Waals surface area contributed by atoms with Crippen LogP contribution in [0.2, 0.25) is 0 Å². The fourth-order valence-electron chi connectivity index (χ4n) is 5.74. The molecule has 0 aromatic heterocycles. The lowest BCUT2D eigenvalue weighted by atomic mass is 9.52. The van der Waals surface area contributed by atoms with Gasteiger partial charge in [0.25, 0.3) is 5.91 Å². The molecule has 0 unspecified atom stereocenters. The number of carbonyl (C=O) groups excluding carboxylic acids is 2. The lowest BCUT2D eigenvalue weighted by molar-refractivity contribution is -0.145. The van der Waals surface area contributed by atoms with Crippen molar-refractivity contribution in [2.45, 2.75) is 74.8 Å². The fourth-order valence-corrected chi connectivity index (χ4v) is 7.92. The first-order valence-electron chi connectivity index (χ1n) is 12.6. The van der Waals surface area contributed by atoms with Crippen LogP contribution in [0.4, 0.5) is 8.78 Å². The van der Waals surface area contributed by atoms with Gasteiger partial charge in [0.1, 0.15) is 16.9 Å². The minimum absolute atomic E-state index is 0.203. The van der Waals surface area contributed by atoms with Crippen LogP contribution >= 0.6 is 0 Å². The molecule has 1 aliphatic carbocycles. The second-order valence-corrected chi connectivity index (χ2v) is 12.8. The number of halogens is 2. The van der Waals surface area contributed by atoms with E-state index in [9.17, 15) is 23.1 Å². The SMILES string of the molecule is C=C(C)C1(O)CC(C(=O)CC(=O)NO)(c2cc(F)c(CN3[C@@H](C)CC[C@H](c4ccccc4)S3(=O)=O)cc2F)C1. The molecule has 1 aliphatic heterocycles. The van der Waals surface area contributed by atoms with Gasteiger partial charge in [0.05, 0.1) is 17.4 Å². The number of aliphatic hydroxyl groups is 1. The monoisotopic (exact) mass is 562 g/mol. The van der Waals surface area contributed by atoms with Gasteiger partial charge < -0.3 is 5.11 Å². The van der Waals surface area contributed by atoms with Crippen molar-refractivity contribution in [3.8, 4) is 0 Å². The molecule has 2 aliphatic rings. The molecule has 0 radical (unpaired) electrons. The van der Waals surface area contributed by atoms with Gasteiger partial charge in [-0.3, -0.25) is 14.8 Å². The average Bonchev–Trinajstić information content (AvgIpc) is 2.86. The van der Waals surface area contributed by atoms with Gasteiger partial charge in [-0.2, -0.15) is 4.31 Å². The topological polar surface area (TPSA) is 124 Å². The fraction of sp³-hybridized carbons (Fsp3) is 0.429. The van der Waals surface area contributed by atoms with Gasteiger partial charge in [-0.05, 0) is 62.8 Å². The summed E-state index contributed by atoms with van der Waals surface area (Å²) in [5.41, 5.74) is -1.50. The first-order valence-corrected chi connectivity index (χ1v) is 14.1. The van der Waals surface area contributed by atoms with E-state index in [2.05, 4.69) is 6.58 Å². The molecular weight excluding hydrogens is 530 g/mol. The molecule has 210 valence electrons. The minimum Gasteiger partial charge on any atom is -0.385 e. The number of amides is 1. The molecule has 39 heavy (non-hydrogen) atoms. The molecule has 1 saturated heterocycles. The van der Waals surface area contributed by atoms with Crippen molar-refractivity contribution in [1.82, 2.24) is 9.79 Å². The molecule has 4 rings (SSSR count). The number of Topliss-reactive ketones (excluding diaryl/α,β-unsaturated/α-hetero) is 1. The van der Waals surface area contributed by atoms with Gasteiger partial charge in [0, 0.05) is 23.7 Å². The summed E-state index contributed by atoms with van der Waals surface area (Å²) in [5.74, 6) is -3.71. The van der Waals surface area contributed by atoms with E-state index in [-0.39, 0.29) is 24.0 Å². The predicted molar refractivity (Wildman–Crippen MR) is 139 cm³/mol. The van der Waals surface area contributed by atoms with Gasteiger partial charge in [-0.25, -0.2) is 22.7 Å². The molecule has 3 N–H and O–H groups in total. The zero-order valence-corrected chi connectivity index (χ0v) is 22.6. The van der Waals surface area contributed by atoms with E-state index < -0.39 is 68.6 Å². The summed E-state index contributed by atoms with van der Waals surface area (Å²) in [6.07, 6.45) is -0.518. The normalized spacial score (nSPS) is 28.4. The van der Waals surface area contributed by atoms with E-state index in [1.54, 1.807) is 37.3 Å².